The Morgan fingerprint density at radius 3 is 2.67 bits per heavy atom. The van der Waals surface area contributed by atoms with Crippen molar-refractivity contribution in [1.29, 1.82) is 0 Å². The topological polar surface area (TPSA) is 79.0 Å². The first-order valence-corrected chi connectivity index (χ1v) is 12.3. The van der Waals surface area contributed by atoms with E-state index in [9.17, 15) is 14.4 Å². The Balaban J connectivity index is 1.65. The second-order valence-corrected chi connectivity index (χ2v) is 9.75. The summed E-state index contributed by atoms with van der Waals surface area (Å²) in [6.07, 6.45) is 0.883. The summed E-state index contributed by atoms with van der Waals surface area (Å²) in [5, 5.41) is 5.33. The van der Waals surface area contributed by atoms with Gasteiger partial charge in [0.25, 0.3) is 0 Å². The first kappa shape index (κ1) is 25.5. The van der Waals surface area contributed by atoms with Gasteiger partial charge in [0.1, 0.15) is 11.5 Å². The monoisotopic (exact) mass is 511 g/mol. The smallest absolute Gasteiger partial charge is 0.246 e. The predicted molar refractivity (Wildman–Crippen MR) is 130 cm³/mol. The fraction of sp³-hybridized carbons (Fsp3) is 0.435. The average molecular weight is 512 g/mol. The van der Waals surface area contributed by atoms with E-state index >= 15 is 0 Å². The number of thiophene rings is 1. The Kier molecular flexibility index (Phi) is 9.55. The third-order valence-corrected chi connectivity index (χ3v) is 6.84. The van der Waals surface area contributed by atoms with Crippen LogP contribution in [0, 0.1) is 0 Å². The van der Waals surface area contributed by atoms with Crippen LogP contribution < -0.4 is 5.32 Å². The highest BCUT2D eigenvalue weighted by molar-refractivity contribution is 7.09. The largest absolute Gasteiger partial charge is 0.383 e. The maximum absolute atomic E-state index is 13.1. The van der Waals surface area contributed by atoms with Gasteiger partial charge >= 0.3 is 0 Å². The minimum Gasteiger partial charge on any atom is -0.383 e. The van der Waals surface area contributed by atoms with Crippen molar-refractivity contribution in [2.24, 2.45) is 0 Å². The molecule has 33 heavy (non-hydrogen) atoms. The van der Waals surface area contributed by atoms with E-state index in [1.165, 1.54) is 16.9 Å². The molecule has 1 aliphatic rings. The zero-order chi connectivity index (χ0) is 23.8. The summed E-state index contributed by atoms with van der Waals surface area (Å²) in [4.78, 5) is 42.9. The Morgan fingerprint density at radius 2 is 2.00 bits per heavy atom. The number of benzene rings is 1. The van der Waals surface area contributed by atoms with Crippen LogP contribution >= 0.6 is 34.5 Å². The van der Waals surface area contributed by atoms with Gasteiger partial charge in [-0.1, -0.05) is 41.4 Å². The number of halogens is 2. The second-order valence-electron chi connectivity index (χ2n) is 7.75. The van der Waals surface area contributed by atoms with Crippen molar-refractivity contribution in [3.05, 3.63) is 57.2 Å². The van der Waals surface area contributed by atoms with Crippen molar-refractivity contribution in [3.63, 3.8) is 0 Å². The summed E-state index contributed by atoms with van der Waals surface area (Å²) in [5.41, 5.74) is 0.268. The van der Waals surface area contributed by atoms with E-state index in [1.54, 1.807) is 23.5 Å². The summed E-state index contributed by atoms with van der Waals surface area (Å²) >= 11 is 13.8. The molecule has 0 aliphatic carbocycles. The summed E-state index contributed by atoms with van der Waals surface area (Å²) in [7, 11) is 1.54. The molecule has 7 nitrogen and oxygen atoms in total. The van der Waals surface area contributed by atoms with Crippen molar-refractivity contribution in [2.45, 2.75) is 30.8 Å². The summed E-state index contributed by atoms with van der Waals surface area (Å²) in [5.74, 6) is -0.815. The third-order valence-electron chi connectivity index (χ3n) is 5.39. The van der Waals surface area contributed by atoms with Gasteiger partial charge < -0.3 is 19.9 Å². The van der Waals surface area contributed by atoms with Gasteiger partial charge in [-0.15, -0.1) is 11.3 Å². The first-order valence-electron chi connectivity index (χ1n) is 10.6. The molecule has 1 saturated heterocycles. The van der Waals surface area contributed by atoms with E-state index in [4.69, 9.17) is 27.9 Å². The van der Waals surface area contributed by atoms with Crippen LogP contribution in [0.25, 0.3) is 0 Å². The van der Waals surface area contributed by atoms with E-state index in [2.05, 4.69) is 5.32 Å². The molecule has 0 spiro atoms. The summed E-state index contributed by atoms with van der Waals surface area (Å²) in [6, 6.07) is 10.3. The molecular formula is C23H27Cl2N3O4S. The van der Waals surface area contributed by atoms with Crippen LogP contribution in [0.4, 0.5) is 0 Å². The molecule has 2 atom stereocenters. The zero-order valence-electron chi connectivity index (χ0n) is 18.3. The van der Waals surface area contributed by atoms with Gasteiger partial charge in [0.2, 0.25) is 17.7 Å². The van der Waals surface area contributed by atoms with Gasteiger partial charge in [0.15, 0.2) is 0 Å². The molecular weight excluding hydrogens is 485 g/mol. The molecule has 2 unspecified atom stereocenters. The molecule has 0 radical (unpaired) electrons. The summed E-state index contributed by atoms with van der Waals surface area (Å²) < 4.78 is 5.06. The number of methoxy groups -OCH3 is 1. The van der Waals surface area contributed by atoms with E-state index in [0.717, 1.165) is 10.4 Å². The number of hydrogen-bond donors (Lipinski definition) is 1. The molecule has 0 saturated carbocycles. The van der Waals surface area contributed by atoms with Crippen LogP contribution in [0.3, 0.4) is 0 Å². The molecule has 10 heteroatoms. The number of amides is 3. The van der Waals surface area contributed by atoms with E-state index in [-0.39, 0.29) is 30.7 Å². The molecule has 0 bridgehead atoms. The number of nitrogens with zero attached hydrogens (tertiary/aromatic N) is 2. The lowest BCUT2D eigenvalue weighted by Gasteiger charge is -2.40. The molecule has 3 amide bonds. The van der Waals surface area contributed by atoms with Crippen molar-refractivity contribution < 1.29 is 19.1 Å². The number of carbonyl (C=O) groups excluding carboxylic acids is 3. The molecule has 1 fully saturated rings. The standard InChI is InChI=1S/C23H27Cl2N3O4S/c1-32-11-10-27-15-22(30)28(9-8-18-3-2-12-33-18)19(23(27)31)14-21(29)26-20(25)13-16-4-6-17(24)7-5-16/h2-7,12,19-20H,8-11,13-15H2,1H3,(H,26,29). The van der Waals surface area contributed by atoms with Gasteiger partial charge in [-0.25, -0.2) is 0 Å². The fourth-order valence-electron chi connectivity index (χ4n) is 3.69. The highest BCUT2D eigenvalue weighted by atomic mass is 35.5. The lowest BCUT2D eigenvalue weighted by Crippen LogP contribution is -2.61. The maximum Gasteiger partial charge on any atom is 0.246 e. The van der Waals surface area contributed by atoms with Crippen molar-refractivity contribution in [3.8, 4) is 0 Å². The minimum absolute atomic E-state index is 0.0144. The number of carbonyl (C=O) groups is 3. The van der Waals surface area contributed by atoms with E-state index < -0.39 is 11.5 Å². The van der Waals surface area contributed by atoms with Gasteiger partial charge in [-0.05, 0) is 35.6 Å². The van der Waals surface area contributed by atoms with Crippen LogP contribution in [-0.2, 0) is 32.0 Å². The molecule has 3 rings (SSSR count). The number of hydrogen-bond acceptors (Lipinski definition) is 5. The number of alkyl halides is 1. The van der Waals surface area contributed by atoms with Gasteiger partial charge in [0.05, 0.1) is 19.6 Å². The van der Waals surface area contributed by atoms with Crippen molar-refractivity contribution in [2.75, 3.05) is 33.4 Å². The molecule has 2 heterocycles. The lowest BCUT2D eigenvalue weighted by molar-refractivity contribution is -0.157. The second kappa shape index (κ2) is 12.4. The van der Waals surface area contributed by atoms with Gasteiger partial charge in [-0.2, -0.15) is 0 Å². The van der Waals surface area contributed by atoms with Crippen molar-refractivity contribution >= 4 is 52.3 Å². The molecule has 1 aromatic heterocycles. The molecule has 2 aromatic rings. The van der Waals surface area contributed by atoms with Crippen LogP contribution in [0.2, 0.25) is 5.02 Å². The Hall–Kier alpha value is -2.13. The van der Waals surface area contributed by atoms with Gasteiger partial charge in [0, 0.05) is 36.5 Å². The summed E-state index contributed by atoms with van der Waals surface area (Å²) in [6.45, 7) is 0.973. The number of ether oxygens (including phenoxy) is 1. The van der Waals surface area contributed by atoms with Gasteiger partial charge in [-0.3, -0.25) is 14.4 Å². The predicted octanol–water partition coefficient (Wildman–Crippen LogP) is 2.94. The number of rotatable bonds is 11. The third kappa shape index (κ3) is 7.43. The van der Waals surface area contributed by atoms with E-state index in [0.29, 0.717) is 37.6 Å². The van der Waals surface area contributed by atoms with Crippen LogP contribution in [0.1, 0.15) is 16.9 Å². The normalized spacial score (nSPS) is 17.4. The quantitative estimate of drug-likeness (QED) is 0.371. The SMILES string of the molecule is COCCN1CC(=O)N(CCc2cccs2)C(CC(=O)NC(Cl)Cc2ccc(Cl)cc2)C1=O. The first-order chi connectivity index (χ1) is 15.9. The highest BCUT2D eigenvalue weighted by Crippen LogP contribution is 2.19. The van der Waals surface area contributed by atoms with Crippen molar-refractivity contribution in [1.82, 2.24) is 15.1 Å². The van der Waals surface area contributed by atoms with E-state index in [1.807, 2.05) is 29.6 Å². The highest BCUT2D eigenvalue weighted by Gasteiger charge is 2.40. The number of piperazine rings is 1. The Labute approximate surface area is 207 Å². The Morgan fingerprint density at radius 1 is 1.24 bits per heavy atom. The molecule has 1 N–H and O–H groups in total. The average Bonchev–Trinajstić information content (AvgIpc) is 3.30. The zero-order valence-corrected chi connectivity index (χ0v) is 20.7. The lowest BCUT2D eigenvalue weighted by atomic mass is 10.1. The molecule has 178 valence electrons. The fourth-order valence-corrected chi connectivity index (χ4v) is 4.82. The van der Waals surface area contributed by atoms with Crippen LogP contribution in [0.5, 0.6) is 0 Å². The maximum atomic E-state index is 13.1. The minimum atomic E-state index is -0.873. The molecule has 1 aromatic carbocycles. The number of nitrogens with one attached hydrogen (secondary N) is 1. The Bertz CT molecular complexity index is 940. The molecule has 1 aliphatic heterocycles. The van der Waals surface area contributed by atoms with Crippen LogP contribution in [-0.4, -0.2) is 72.4 Å². The van der Waals surface area contributed by atoms with Crippen LogP contribution in [0.15, 0.2) is 41.8 Å².